The molecular weight excluding hydrogens is 252 g/mol. The average Bonchev–Trinajstić information content (AvgIpc) is 2.39. The van der Waals surface area contributed by atoms with Gasteiger partial charge in [0.05, 0.1) is 4.92 Å². The van der Waals surface area contributed by atoms with Crippen LogP contribution in [0, 0.1) is 10.1 Å². The van der Waals surface area contributed by atoms with Crippen LogP contribution in [0.1, 0.15) is 12.8 Å². The van der Waals surface area contributed by atoms with Gasteiger partial charge in [-0.25, -0.2) is 5.43 Å². The molecule has 0 atom stereocenters. The highest BCUT2D eigenvalue weighted by Crippen LogP contribution is 2.23. The van der Waals surface area contributed by atoms with Crippen LogP contribution in [0.4, 0.5) is 11.4 Å². The van der Waals surface area contributed by atoms with E-state index < -0.39 is 10.8 Å². The molecule has 1 heterocycles. The van der Waals surface area contributed by atoms with Gasteiger partial charge in [0, 0.05) is 18.9 Å². The first-order valence-electron chi connectivity index (χ1n) is 5.48. The number of para-hydroxylation sites is 2. The van der Waals surface area contributed by atoms with Crippen molar-refractivity contribution in [1.29, 1.82) is 0 Å². The molecule has 0 radical (unpaired) electrons. The minimum atomic E-state index is -0.583. The summed E-state index contributed by atoms with van der Waals surface area (Å²) < 4.78 is 0. The summed E-state index contributed by atoms with van der Waals surface area (Å²) in [6, 6.07) is 5.80. The fraction of sp³-hybridized carbons (Fsp3) is 0.182. The van der Waals surface area contributed by atoms with Crippen LogP contribution < -0.4 is 10.7 Å². The van der Waals surface area contributed by atoms with Crippen LogP contribution in [0.15, 0.2) is 29.4 Å². The number of nitro benzene ring substituents is 1. The molecule has 1 aliphatic rings. The number of amides is 2. The number of rotatable bonds is 3. The van der Waals surface area contributed by atoms with E-state index in [4.69, 9.17) is 0 Å². The Morgan fingerprint density at radius 3 is 2.74 bits per heavy atom. The standard InChI is InChI=1S/C11H10N4O4/c16-10-6-5-8(13-14-10)11(17)12-7-3-1-2-4-9(7)15(18)19/h1-4H,5-6H2,(H,12,17)(H,14,16). The highest BCUT2D eigenvalue weighted by molar-refractivity contribution is 6.43. The molecular formula is C11H10N4O4. The second-order valence-electron chi connectivity index (χ2n) is 3.82. The molecule has 0 aliphatic carbocycles. The summed E-state index contributed by atoms with van der Waals surface area (Å²) in [4.78, 5) is 32.9. The molecule has 0 aromatic heterocycles. The third-order valence-electron chi connectivity index (χ3n) is 2.52. The van der Waals surface area contributed by atoms with Crippen LogP contribution in [0.5, 0.6) is 0 Å². The third kappa shape index (κ3) is 2.92. The molecule has 8 heteroatoms. The first-order valence-corrected chi connectivity index (χ1v) is 5.48. The molecule has 1 aliphatic heterocycles. The molecule has 2 rings (SSSR count). The number of hydrogen-bond acceptors (Lipinski definition) is 5. The first kappa shape index (κ1) is 12.7. The van der Waals surface area contributed by atoms with E-state index in [-0.39, 0.29) is 35.8 Å². The minimum absolute atomic E-state index is 0.0945. The average molecular weight is 262 g/mol. The molecule has 1 aromatic rings. The quantitative estimate of drug-likeness (QED) is 0.619. The number of nitrogens with zero attached hydrogens (tertiary/aromatic N) is 2. The molecule has 0 spiro atoms. The largest absolute Gasteiger partial charge is 0.315 e. The predicted octanol–water partition coefficient (Wildman–Crippen LogP) is 0.799. The van der Waals surface area contributed by atoms with Crippen LogP contribution in [-0.2, 0) is 9.59 Å². The van der Waals surface area contributed by atoms with Gasteiger partial charge in [-0.05, 0) is 6.07 Å². The molecule has 0 unspecified atom stereocenters. The molecule has 0 saturated heterocycles. The summed E-state index contributed by atoms with van der Waals surface area (Å²) in [5, 5.41) is 16.8. The van der Waals surface area contributed by atoms with Crippen LogP contribution in [0.2, 0.25) is 0 Å². The van der Waals surface area contributed by atoms with E-state index in [1.807, 2.05) is 0 Å². The van der Waals surface area contributed by atoms with E-state index in [2.05, 4.69) is 15.8 Å². The maximum atomic E-state index is 11.8. The molecule has 0 bridgehead atoms. The summed E-state index contributed by atoms with van der Waals surface area (Å²) in [5.74, 6) is -0.823. The second-order valence-corrected chi connectivity index (χ2v) is 3.82. The monoisotopic (exact) mass is 262 g/mol. The molecule has 2 N–H and O–H groups in total. The number of carbonyl (C=O) groups excluding carboxylic acids is 2. The van der Waals surface area contributed by atoms with Crippen LogP contribution in [0.3, 0.4) is 0 Å². The van der Waals surface area contributed by atoms with Crippen molar-refractivity contribution in [1.82, 2.24) is 5.43 Å². The van der Waals surface area contributed by atoms with Gasteiger partial charge < -0.3 is 5.32 Å². The number of carbonyl (C=O) groups is 2. The number of benzene rings is 1. The third-order valence-corrected chi connectivity index (χ3v) is 2.52. The molecule has 1 aromatic carbocycles. The number of hydrogen-bond donors (Lipinski definition) is 2. The van der Waals surface area contributed by atoms with E-state index in [0.29, 0.717) is 0 Å². The van der Waals surface area contributed by atoms with Gasteiger partial charge in [0.25, 0.3) is 11.6 Å². The highest BCUT2D eigenvalue weighted by Gasteiger charge is 2.21. The molecule has 2 amide bonds. The van der Waals surface area contributed by atoms with Gasteiger partial charge in [0.1, 0.15) is 11.4 Å². The normalized spacial score (nSPS) is 14.3. The van der Waals surface area contributed by atoms with Crippen molar-refractivity contribution in [3.05, 3.63) is 34.4 Å². The number of nitro groups is 1. The highest BCUT2D eigenvalue weighted by atomic mass is 16.6. The Labute approximate surface area is 107 Å². The van der Waals surface area contributed by atoms with Crippen molar-refractivity contribution in [3.63, 3.8) is 0 Å². The van der Waals surface area contributed by atoms with Gasteiger partial charge in [-0.1, -0.05) is 12.1 Å². The van der Waals surface area contributed by atoms with Gasteiger partial charge in [-0.15, -0.1) is 0 Å². The van der Waals surface area contributed by atoms with E-state index >= 15 is 0 Å². The summed E-state index contributed by atoms with van der Waals surface area (Å²) in [7, 11) is 0. The predicted molar refractivity (Wildman–Crippen MR) is 66.5 cm³/mol. The summed E-state index contributed by atoms with van der Waals surface area (Å²) >= 11 is 0. The zero-order valence-electron chi connectivity index (χ0n) is 9.75. The maximum Gasteiger partial charge on any atom is 0.292 e. The number of nitrogens with one attached hydrogen (secondary N) is 2. The summed E-state index contributed by atoms with van der Waals surface area (Å²) in [5.41, 5.74) is 2.22. The molecule has 19 heavy (non-hydrogen) atoms. The van der Waals surface area contributed by atoms with E-state index in [1.54, 1.807) is 6.07 Å². The topological polar surface area (TPSA) is 114 Å². The van der Waals surface area contributed by atoms with Crippen molar-refractivity contribution in [2.45, 2.75) is 12.8 Å². The second kappa shape index (κ2) is 5.25. The Morgan fingerprint density at radius 1 is 1.37 bits per heavy atom. The van der Waals surface area contributed by atoms with Gasteiger partial charge in [0.15, 0.2) is 0 Å². The Bertz CT molecular complexity index is 582. The van der Waals surface area contributed by atoms with E-state index in [0.717, 1.165) is 0 Å². The Morgan fingerprint density at radius 2 is 2.11 bits per heavy atom. The molecule has 0 saturated carbocycles. The molecule has 98 valence electrons. The first-order chi connectivity index (χ1) is 9.08. The lowest BCUT2D eigenvalue weighted by molar-refractivity contribution is -0.383. The van der Waals surface area contributed by atoms with Crippen LogP contribution >= 0.6 is 0 Å². The lowest BCUT2D eigenvalue weighted by atomic mass is 10.1. The minimum Gasteiger partial charge on any atom is -0.315 e. The fourth-order valence-electron chi connectivity index (χ4n) is 1.57. The number of anilines is 1. The van der Waals surface area contributed by atoms with Crippen molar-refractivity contribution in [2.75, 3.05) is 5.32 Å². The van der Waals surface area contributed by atoms with Crippen molar-refractivity contribution < 1.29 is 14.5 Å². The number of hydrazone groups is 1. The van der Waals surface area contributed by atoms with Crippen LogP contribution in [0.25, 0.3) is 0 Å². The zero-order valence-corrected chi connectivity index (χ0v) is 9.75. The van der Waals surface area contributed by atoms with Gasteiger partial charge in [-0.2, -0.15) is 5.10 Å². The van der Waals surface area contributed by atoms with Gasteiger partial charge in [-0.3, -0.25) is 19.7 Å². The van der Waals surface area contributed by atoms with E-state index in [9.17, 15) is 19.7 Å². The lowest BCUT2D eigenvalue weighted by Crippen LogP contribution is -2.32. The molecule has 0 fully saturated rings. The summed E-state index contributed by atoms with van der Waals surface area (Å²) in [6.07, 6.45) is 0.376. The Balaban J connectivity index is 2.16. The maximum absolute atomic E-state index is 11.8. The fourth-order valence-corrected chi connectivity index (χ4v) is 1.57. The van der Waals surface area contributed by atoms with Crippen LogP contribution in [-0.4, -0.2) is 22.4 Å². The van der Waals surface area contributed by atoms with Crippen molar-refractivity contribution in [3.8, 4) is 0 Å². The van der Waals surface area contributed by atoms with E-state index in [1.165, 1.54) is 18.2 Å². The van der Waals surface area contributed by atoms with Crippen molar-refractivity contribution >= 4 is 28.9 Å². The SMILES string of the molecule is O=C1CCC(C(=O)Nc2ccccc2[N+](=O)[O-])=NN1. The zero-order chi connectivity index (χ0) is 13.8. The summed E-state index contributed by atoms with van der Waals surface area (Å²) in [6.45, 7) is 0. The molecule has 8 nitrogen and oxygen atoms in total. The smallest absolute Gasteiger partial charge is 0.292 e. The van der Waals surface area contributed by atoms with Gasteiger partial charge >= 0.3 is 0 Å². The lowest BCUT2D eigenvalue weighted by Gasteiger charge is -2.11. The van der Waals surface area contributed by atoms with Gasteiger partial charge in [0.2, 0.25) is 5.91 Å². The van der Waals surface area contributed by atoms with Crippen molar-refractivity contribution in [2.24, 2.45) is 5.10 Å². The Hall–Kier alpha value is -2.77. The Kier molecular flexibility index (Phi) is 3.51.